The molecule has 1 aromatic heterocycles. The van der Waals surface area contributed by atoms with Crippen molar-refractivity contribution in [3.63, 3.8) is 0 Å². The van der Waals surface area contributed by atoms with E-state index in [0.717, 1.165) is 17.2 Å². The number of hydrogen-bond donors (Lipinski definition) is 0. The van der Waals surface area contributed by atoms with Crippen molar-refractivity contribution in [2.45, 2.75) is 6.92 Å². The zero-order valence-corrected chi connectivity index (χ0v) is 5.63. The van der Waals surface area contributed by atoms with E-state index in [0.29, 0.717) is 6.79 Å². The Morgan fingerprint density at radius 3 is 3.20 bits per heavy atom. The third kappa shape index (κ3) is 0.635. The van der Waals surface area contributed by atoms with Crippen molar-refractivity contribution in [1.29, 1.82) is 0 Å². The van der Waals surface area contributed by atoms with Gasteiger partial charge in [-0.05, 0) is 6.92 Å². The van der Waals surface area contributed by atoms with Gasteiger partial charge in [0, 0.05) is 12.3 Å². The van der Waals surface area contributed by atoms with E-state index in [4.69, 9.17) is 9.47 Å². The number of fused-ring (bicyclic) bond motifs is 1. The molecule has 0 saturated heterocycles. The van der Waals surface area contributed by atoms with Gasteiger partial charge >= 0.3 is 0 Å². The first-order valence-corrected chi connectivity index (χ1v) is 3.09. The molecule has 2 rings (SSSR count). The fraction of sp³-hybridized carbons (Fsp3) is 0.286. The predicted octanol–water partition coefficient (Wildman–Crippen LogP) is 1.12. The Hall–Kier alpha value is -1.25. The Balaban J connectivity index is 2.59. The number of ether oxygens (including phenoxy) is 2. The summed E-state index contributed by atoms with van der Waals surface area (Å²) in [5, 5.41) is 0. The van der Waals surface area contributed by atoms with Gasteiger partial charge in [0.2, 0.25) is 6.79 Å². The predicted molar refractivity (Wildman–Crippen MR) is 35.1 cm³/mol. The first kappa shape index (κ1) is 5.53. The highest BCUT2D eigenvalue weighted by atomic mass is 16.7. The average molecular weight is 137 g/mol. The minimum Gasteiger partial charge on any atom is -0.453 e. The van der Waals surface area contributed by atoms with E-state index < -0.39 is 0 Å². The summed E-state index contributed by atoms with van der Waals surface area (Å²) in [7, 11) is 0. The molecule has 1 aromatic rings. The lowest BCUT2D eigenvalue weighted by molar-refractivity contribution is 0.173. The standard InChI is InChI=1S/C7H7NO2/c1-5-7-6(2-3-8-5)9-4-10-7/h2-3H,4H2,1H3. The lowest BCUT2D eigenvalue weighted by Crippen LogP contribution is -1.93. The minimum atomic E-state index is 0.321. The largest absolute Gasteiger partial charge is 0.453 e. The lowest BCUT2D eigenvalue weighted by atomic mass is 10.3. The monoisotopic (exact) mass is 137 g/mol. The van der Waals surface area contributed by atoms with Crippen LogP contribution in [0.5, 0.6) is 11.5 Å². The van der Waals surface area contributed by atoms with Gasteiger partial charge in [-0.15, -0.1) is 0 Å². The van der Waals surface area contributed by atoms with E-state index in [1.165, 1.54) is 0 Å². The van der Waals surface area contributed by atoms with Crippen LogP contribution >= 0.6 is 0 Å². The number of aromatic nitrogens is 1. The molecule has 1 aliphatic rings. The summed E-state index contributed by atoms with van der Waals surface area (Å²) in [6, 6.07) is 1.80. The summed E-state index contributed by atoms with van der Waals surface area (Å²) in [5.74, 6) is 1.58. The average Bonchev–Trinajstić information content (AvgIpc) is 2.36. The molecule has 0 fully saturated rings. The van der Waals surface area contributed by atoms with Gasteiger partial charge in [0.05, 0.1) is 5.69 Å². The molecule has 0 spiro atoms. The van der Waals surface area contributed by atoms with E-state index in [1.807, 2.05) is 6.92 Å². The van der Waals surface area contributed by atoms with Gasteiger partial charge < -0.3 is 9.47 Å². The van der Waals surface area contributed by atoms with Crippen molar-refractivity contribution in [1.82, 2.24) is 4.98 Å². The molecule has 1 aliphatic heterocycles. The molecule has 0 aliphatic carbocycles. The number of aryl methyl sites for hydroxylation is 1. The van der Waals surface area contributed by atoms with Crippen LogP contribution in [0.1, 0.15) is 5.69 Å². The summed E-state index contributed by atoms with van der Waals surface area (Å²) in [4.78, 5) is 4.05. The summed E-state index contributed by atoms with van der Waals surface area (Å²) in [5.41, 5.74) is 0.884. The van der Waals surface area contributed by atoms with Gasteiger partial charge in [0.25, 0.3) is 0 Å². The van der Waals surface area contributed by atoms with Crippen LogP contribution in [0.15, 0.2) is 12.3 Å². The molecule has 0 radical (unpaired) electrons. The van der Waals surface area contributed by atoms with Crippen LogP contribution in [0.3, 0.4) is 0 Å². The molecule has 0 atom stereocenters. The second-order valence-corrected chi connectivity index (χ2v) is 2.13. The molecular weight excluding hydrogens is 130 g/mol. The Labute approximate surface area is 58.6 Å². The Morgan fingerprint density at radius 1 is 1.50 bits per heavy atom. The molecule has 2 heterocycles. The van der Waals surface area contributed by atoms with Gasteiger partial charge in [-0.2, -0.15) is 0 Å². The van der Waals surface area contributed by atoms with Crippen molar-refractivity contribution < 1.29 is 9.47 Å². The van der Waals surface area contributed by atoms with Gasteiger partial charge in [-0.25, -0.2) is 0 Å². The number of pyridine rings is 1. The van der Waals surface area contributed by atoms with E-state index in [-0.39, 0.29) is 0 Å². The van der Waals surface area contributed by atoms with Crippen LogP contribution < -0.4 is 9.47 Å². The van der Waals surface area contributed by atoms with Crippen molar-refractivity contribution in [2.75, 3.05) is 6.79 Å². The molecule has 0 unspecified atom stereocenters. The first-order valence-electron chi connectivity index (χ1n) is 3.09. The van der Waals surface area contributed by atoms with Gasteiger partial charge in [-0.1, -0.05) is 0 Å². The highest BCUT2D eigenvalue weighted by molar-refractivity contribution is 5.43. The summed E-state index contributed by atoms with van der Waals surface area (Å²) < 4.78 is 10.3. The second kappa shape index (κ2) is 1.87. The van der Waals surface area contributed by atoms with Gasteiger partial charge in [0.1, 0.15) is 0 Å². The number of rotatable bonds is 0. The van der Waals surface area contributed by atoms with Crippen LogP contribution in [0.4, 0.5) is 0 Å². The maximum absolute atomic E-state index is 5.14. The van der Waals surface area contributed by atoms with Crippen LogP contribution in [-0.4, -0.2) is 11.8 Å². The third-order valence-corrected chi connectivity index (χ3v) is 1.46. The van der Waals surface area contributed by atoms with Crippen LogP contribution in [0, 0.1) is 6.92 Å². The maximum Gasteiger partial charge on any atom is 0.231 e. The molecule has 10 heavy (non-hydrogen) atoms. The van der Waals surface area contributed by atoms with E-state index in [1.54, 1.807) is 12.3 Å². The zero-order chi connectivity index (χ0) is 6.97. The first-order chi connectivity index (χ1) is 4.88. The Kier molecular flexibility index (Phi) is 1.03. The SMILES string of the molecule is Cc1nccc2c1OCO2. The number of hydrogen-bond acceptors (Lipinski definition) is 3. The summed E-state index contributed by atoms with van der Waals surface area (Å²) >= 11 is 0. The normalized spacial score (nSPS) is 13.7. The molecule has 3 nitrogen and oxygen atoms in total. The Bertz CT molecular complexity index is 260. The minimum absolute atomic E-state index is 0.321. The van der Waals surface area contributed by atoms with Gasteiger partial charge in [-0.3, -0.25) is 4.98 Å². The molecule has 0 aromatic carbocycles. The smallest absolute Gasteiger partial charge is 0.231 e. The number of nitrogens with zero attached hydrogens (tertiary/aromatic N) is 1. The molecule has 0 bridgehead atoms. The fourth-order valence-electron chi connectivity index (χ4n) is 0.970. The topological polar surface area (TPSA) is 31.4 Å². The van der Waals surface area contributed by atoms with Crippen molar-refractivity contribution in [3.05, 3.63) is 18.0 Å². The van der Waals surface area contributed by atoms with Crippen LogP contribution in [-0.2, 0) is 0 Å². The molecule has 0 amide bonds. The van der Waals surface area contributed by atoms with Crippen LogP contribution in [0.2, 0.25) is 0 Å². The molecule has 52 valence electrons. The van der Waals surface area contributed by atoms with Crippen LogP contribution in [0.25, 0.3) is 0 Å². The Morgan fingerprint density at radius 2 is 2.40 bits per heavy atom. The quantitative estimate of drug-likeness (QED) is 0.537. The molecule has 3 heteroatoms. The molecular formula is C7H7NO2. The van der Waals surface area contributed by atoms with Gasteiger partial charge in [0.15, 0.2) is 11.5 Å². The lowest BCUT2D eigenvalue weighted by Gasteiger charge is -1.95. The highest BCUT2D eigenvalue weighted by Crippen LogP contribution is 2.32. The van der Waals surface area contributed by atoms with E-state index in [9.17, 15) is 0 Å². The third-order valence-electron chi connectivity index (χ3n) is 1.46. The van der Waals surface area contributed by atoms with Crippen molar-refractivity contribution in [3.8, 4) is 11.5 Å². The fourth-order valence-corrected chi connectivity index (χ4v) is 0.970. The molecule has 0 N–H and O–H groups in total. The van der Waals surface area contributed by atoms with E-state index in [2.05, 4.69) is 4.98 Å². The van der Waals surface area contributed by atoms with Crippen molar-refractivity contribution >= 4 is 0 Å². The van der Waals surface area contributed by atoms with E-state index >= 15 is 0 Å². The highest BCUT2D eigenvalue weighted by Gasteiger charge is 2.14. The summed E-state index contributed by atoms with van der Waals surface area (Å²) in [6.45, 7) is 2.22. The second-order valence-electron chi connectivity index (χ2n) is 2.13. The summed E-state index contributed by atoms with van der Waals surface area (Å²) in [6.07, 6.45) is 1.71. The maximum atomic E-state index is 5.14. The zero-order valence-electron chi connectivity index (χ0n) is 5.63. The van der Waals surface area contributed by atoms with Crippen molar-refractivity contribution in [2.24, 2.45) is 0 Å². The molecule has 0 saturated carbocycles.